The molecule has 2 aromatic rings. The summed E-state index contributed by atoms with van der Waals surface area (Å²) in [5.74, 6) is -0.507. The van der Waals surface area contributed by atoms with Gasteiger partial charge in [-0.2, -0.15) is 0 Å². The van der Waals surface area contributed by atoms with E-state index >= 15 is 0 Å². The van der Waals surface area contributed by atoms with Crippen molar-refractivity contribution < 1.29 is 19.2 Å². The van der Waals surface area contributed by atoms with Crippen LogP contribution in [0.1, 0.15) is 10.4 Å². The number of nitro groups is 1. The summed E-state index contributed by atoms with van der Waals surface area (Å²) < 4.78 is 5.28. The second-order valence-corrected chi connectivity index (χ2v) is 6.11. The number of likely N-dealkylation sites (N-methyl/N-ethyl adjacent to an activating group) is 2. The number of carbonyl (C=O) groups excluding carboxylic acids is 2. The summed E-state index contributed by atoms with van der Waals surface area (Å²) in [6.07, 6.45) is 0.452. The van der Waals surface area contributed by atoms with E-state index in [2.05, 4.69) is 15.6 Å². The smallest absolute Gasteiger partial charge is 0.409 e. The van der Waals surface area contributed by atoms with Crippen LogP contribution >= 0.6 is 11.3 Å². The number of anilines is 1. The summed E-state index contributed by atoms with van der Waals surface area (Å²) in [6.45, 7) is 1.03. The molecular weight excluding hydrogens is 362 g/mol. The molecule has 26 heavy (non-hydrogen) atoms. The van der Waals surface area contributed by atoms with Crippen LogP contribution in [0.15, 0.2) is 30.5 Å². The van der Waals surface area contributed by atoms with Crippen molar-refractivity contribution in [2.24, 2.45) is 0 Å². The standard InChI is InChI=1S/C15H17N5O5S/c1-16-7-8-19(2)15(22)25-11-6-4-3-5-10(11)13(21)18-14-17-9-12(26-14)20(23)24/h3-6,9,16H,7-8H2,1-2H3,(H,17,18,21). The van der Waals surface area contributed by atoms with Crippen LogP contribution in [0.3, 0.4) is 0 Å². The maximum Gasteiger partial charge on any atom is 0.415 e. The van der Waals surface area contributed by atoms with Gasteiger partial charge in [-0.3, -0.25) is 20.2 Å². The lowest BCUT2D eigenvalue weighted by Crippen LogP contribution is -2.35. The number of hydrogen-bond donors (Lipinski definition) is 2. The Kier molecular flexibility index (Phi) is 6.58. The van der Waals surface area contributed by atoms with Crippen LogP contribution in [0.4, 0.5) is 14.9 Å². The molecule has 0 spiro atoms. The fraction of sp³-hybridized carbons (Fsp3) is 0.267. The highest BCUT2D eigenvalue weighted by Gasteiger charge is 2.19. The van der Waals surface area contributed by atoms with E-state index in [0.717, 1.165) is 17.5 Å². The van der Waals surface area contributed by atoms with Crippen molar-refractivity contribution in [1.29, 1.82) is 0 Å². The minimum Gasteiger partial charge on any atom is -0.409 e. The Bertz CT molecular complexity index is 809. The van der Waals surface area contributed by atoms with E-state index in [0.29, 0.717) is 13.1 Å². The van der Waals surface area contributed by atoms with Crippen molar-refractivity contribution in [3.63, 3.8) is 0 Å². The highest BCUT2D eigenvalue weighted by atomic mass is 32.1. The molecule has 0 saturated carbocycles. The Morgan fingerprint density at radius 3 is 2.77 bits per heavy atom. The number of carbonyl (C=O) groups is 2. The number of rotatable bonds is 7. The van der Waals surface area contributed by atoms with E-state index in [-0.39, 0.29) is 21.4 Å². The van der Waals surface area contributed by atoms with Crippen molar-refractivity contribution >= 4 is 33.5 Å². The molecule has 138 valence electrons. The normalized spacial score (nSPS) is 10.2. The topological polar surface area (TPSA) is 127 Å². The predicted octanol–water partition coefficient (Wildman–Crippen LogP) is 1.95. The number of nitrogens with zero attached hydrogens (tertiary/aromatic N) is 3. The zero-order chi connectivity index (χ0) is 19.1. The number of benzene rings is 1. The van der Waals surface area contributed by atoms with Gasteiger partial charge in [0.05, 0.1) is 10.5 Å². The first-order valence-corrected chi connectivity index (χ1v) is 8.32. The molecule has 0 aliphatic rings. The monoisotopic (exact) mass is 379 g/mol. The summed E-state index contributed by atoms with van der Waals surface area (Å²) in [5, 5.41) is 15.9. The van der Waals surface area contributed by atoms with Crippen molar-refractivity contribution in [1.82, 2.24) is 15.2 Å². The molecule has 0 atom stereocenters. The number of ether oxygens (including phenoxy) is 1. The van der Waals surface area contributed by atoms with Crippen molar-refractivity contribution in [2.75, 3.05) is 32.5 Å². The average Bonchev–Trinajstić information content (AvgIpc) is 3.08. The molecule has 1 aromatic carbocycles. The zero-order valence-corrected chi connectivity index (χ0v) is 14.9. The summed E-state index contributed by atoms with van der Waals surface area (Å²) in [7, 11) is 3.35. The molecule has 0 fully saturated rings. The third-order valence-electron chi connectivity index (χ3n) is 3.23. The summed E-state index contributed by atoms with van der Waals surface area (Å²) >= 11 is 0.733. The minimum atomic E-state index is -0.606. The molecule has 11 heteroatoms. The van der Waals surface area contributed by atoms with Gasteiger partial charge in [0, 0.05) is 20.1 Å². The fourth-order valence-electron chi connectivity index (χ4n) is 1.86. The van der Waals surface area contributed by atoms with Crippen LogP contribution in [0, 0.1) is 10.1 Å². The van der Waals surface area contributed by atoms with Gasteiger partial charge in [-0.15, -0.1) is 0 Å². The number of aromatic nitrogens is 1. The highest BCUT2D eigenvalue weighted by molar-refractivity contribution is 7.18. The number of thiazole rings is 1. The van der Waals surface area contributed by atoms with Crippen molar-refractivity contribution in [2.45, 2.75) is 0 Å². The van der Waals surface area contributed by atoms with Crippen LogP contribution in [0.25, 0.3) is 0 Å². The Balaban J connectivity index is 2.10. The van der Waals surface area contributed by atoms with Crippen molar-refractivity contribution in [3.8, 4) is 5.75 Å². The number of hydrogen-bond acceptors (Lipinski definition) is 8. The molecule has 10 nitrogen and oxygen atoms in total. The average molecular weight is 379 g/mol. The second-order valence-electron chi connectivity index (χ2n) is 5.10. The number of nitrogens with one attached hydrogen (secondary N) is 2. The van der Waals surface area contributed by atoms with E-state index in [4.69, 9.17) is 4.74 Å². The fourth-order valence-corrected chi connectivity index (χ4v) is 2.49. The molecule has 0 aliphatic carbocycles. The molecular formula is C15H17N5O5S. The molecule has 1 aromatic heterocycles. The lowest BCUT2D eigenvalue weighted by molar-refractivity contribution is -0.380. The summed E-state index contributed by atoms with van der Waals surface area (Å²) in [5.41, 5.74) is 0.112. The van der Waals surface area contributed by atoms with Crippen LogP contribution < -0.4 is 15.4 Å². The first-order chi connectivity index (χ1) is 12.4. The van der Waals surface area contributed by atoms with Gasteiger partial charge < -0.3 is 15.0 Å². The minimum absolute atomic E-state index is 0.0777. The largest absolute Gasteiger partial charge is 0.415 e. The first kappa shape index (κ1) is 19.3. The van der Waals surface area contributed by atoms with Gasteiger partial charge >= 0.3 is 11.1 Å². The molecule has 0 unspecified atom stereocenters. The Hall–Kier alpha value is -3.05. The zero-order valence-electron chi connectivity index (χ0n) is 14.1. The molecule has 2 rings (SSSR count). The maximum absolute atomic E-state index is 12.4. The Morgan fingerprint density at radius 2 is 2.12 bits per heavy atom. The number of amides is 2. The van der Waals surface area contributed by atoms with Gasteiger partial charge in [0.1, 0.15) is 11.9 Å². The Labute approximate surface area is 152 Å². The summed E-state index contributed by atoms with van der Waals surface area (Å²) in [6, 6.07) is 6.21. The lowest BCUT2D eigenvalue weighted by atomic mass is 10.2. The molecule has 0 radical (unpaired) electrons. The maximum atomic E-state index is 12.4. The third kappa shape index (κ3) is 4.97. The summed E-state index contributed by atoms with van der Waals surface area (Å²) in [4.78, 5) is 39.7. The van der Waals surface area contributed by atoms with E-state index in [1.807, 2.05) is 0 Å². The quantitative estimate of drug-likeness (QED) is 0.556. The van der Waals surface area contributed by atoms with E-state index in [1.54, 1.807) is 26.2 Å². The molecule has 2 amide bonds. The first-order valence-electron chi connectivity index (χ1n) is 7.50. The molecule has 0 aliphatic heterocycles. The van der Waals surface area contributed by atoms with Crippen LogP contribution in [0.2, 0.25) is 0 Å². The second kappa shape index (κ2) is 8.87. The lowest BCUT2D eigenvalue weighted by Gasteiger charge is -2.17. The van der Waals surface area contributed by atoms with Gasteiger partial charge in [-0.05, 0) is 30.5 Å². The van der Waals surface area contributed by atoms with E-state index < -0.39 is 16.9 Å². The SMILES string of the molecule is CNCCN(C)C(=O)Oc1ccccc1C(=O)Nc1ncc([N+](=O)[O-])s1. The molecule has 1 heterocycles. The van der Waals surface area contributed by atoms with Gasteiger partial charge in [0.25, 0.3) is 5.91 Å². The van der Waals surface area contributed by atoms with Gasteiger partial charge in [-0.1, -0.05) is 12.1 Å². The molecule has 0 bridgehead atoms. The van der Waals surface area contributed by atoms with Gasteiger partial charge in [0.2, 0.25) is 0 Å². The Morgan fingerprint density at radius 1 is 1.38 bits per heavy atom. The third-order valence-corrected chi connectivity index (χ3v) is 4.10. The van der Waals surface area contributed by atoms with Crippen LogP contribution in [-0.4, -0.2) is 54.0 Å². The van der Waals surface area contributed by atoms with Crippen LogP contribution in [0.5, 0.6) is 5.75 Å². The van der Waals surface area contributed by atoms with Crippen LogP contribution in [-0.2, 0) is 0 Å². The number of para-hydroxylation sites is 1. The van der Waals surface area contributed by atoms with E-state index in [9.17, 15) is 19.7 Å². The van der Waals surface area contributed by atoms with Gasteiger partial charge in [0.15, 0.2) is 5.13 Å². The van der Waals surface area contributed by atoms with Crippen molar-refractivity contribution in [3.05, 3.63) is 46.1 Å². The predicted molar refractivity (Wildman–Crippen MR) is 95.7 cm³/mol. The molecule has 0 saturated heterocycles. The van der Waals surface area contributed by atoms with E-state index in [1.165, 1.54) is 17.0 Å². The highest BCUT2D eigenvalue weighted by Crippen LogP contribution is 2.26. The molecule has 2 N–H and O–H groups in total. The van der Waals surface area contributed by atoms with Gasteiger partial charge in [-0.25, -0.2) is 9.78 Å².